The first-order chi connectivity index (χ1) is 10.9. The summed E-state index contributed by atoms with van der Waals surface area (Å²) in [4.78, 5) is 13.4. The van der Waals surface area contributed by atoms with Crippen molar-refractivity contribution < 1.29 is 18.3 Å². The molecule has 0 N–H and O–H groups in total. The van der Waals surface area contributed by atoms with Gasteiger partial charge in [0.1, 0.15) is 11.8 Å². The molecule has 1 unspecified atom stereocenters. The summed E-state index contributed by atoms with van der Waals surface area (Å²) < 4.78 is 30.6. The highest BCUT2D eigenvalue weighted by Crippen LogP contribution is 2.32. The zero-order valence-corrected chi connectivity index (χ0v) is 14.6. The van der Waals surface area contributed by atoms with Crippen LogP contribution in [0, 0.1) is 18.3 Å². The number of benzene rings is 1. The normalized spacial score (nSPS) is 17.9. The van der Waals surface area contributed by atoms with E-state index < -0.39 is 13.0 Å². The van der Waals surface area contributed by atoms with Gasteiger partial charge in [-0.05, 0) is 37.1 Å². The second kappa shape index (κ2) is 7.73. The van der Waals surface area contributed by atoms with E-state index in [-0.39, 0.29) is 16.4 Å². The van der Waals surface area contributed by atoms with E-state index in [1.807, 2.05) is 41.7 Å². The van der Waals surface area contributed by atoms with E-state index in [0.717, 1.165) is 10.5 Å². The Kier molecular flexibility index (Phi) is 5.93. The van der Waals surface area contributed by atoms with Gasteiger partial charge in [-0.25, -0.2) is 8.78 Å². The first-order valence-corrected chi connectivity index (χ1v) is 8.23. The third-order valence-electron chi connectivity index (χ3n) is 3.44. The number of nitriles is 1. The third kappa shape index (κ3) is 4.19. The van der Waals surface area contributed by atoms with Gasteiger partial charge in [-0.15, -0.1) is 0 Å². The number of amides is 1. The lowest BCUT2D eigenvalue weighted by atomic mass is 10.00. The second-order valence-corrected chi connectivity index (χ2v) is 6.56. The molecule has 23 heavy (non-hydrogen) atoms. The van der Waals surface area contributed by atoms with Crippen LogP contribution in [0.2, 0.25) is 0 Å². The van der Waals surface area contributed by atoms with Crippen molar-refractivity contribution in [3.05, 3.63) is 35.4 Å². The van der Waals surface area contributed by atoms with Crippen LogP contribution in [0.1, 0.15) is 17.5 Å². The Morgan fingerprint density at radius 1 is 1.52 bits per heavy atom. The second-order valence-electron chi connectivity index (χ2n) is 5.06. The Morgan fingerprint density at radius 3 is 2.87 bits per heavy atom. The maximum absolute atomic E-state index is 12.8. The van der Waals surface area contributed by atoms with Crippen molar-refractivity contribution in [2.45, 2.75) is 23.7 Å². The van der Waals surface area contributed by atoms with Crippen molar-refractivity contribution in [1.82, 2.24) is 4.90 Å². The van der Waals surface area contributed by atoms with Crippen LogP contribution in [0.25, 0.3) is 5.70 Å². The minimum Gasteiger partial charge on any atom is -0.479 e. The van der Waals surface area contributed by atoms with E-state index in [4.69, 9.17) is 10.00 Å². The van der Waals surface area contributed by atoms with E-state index in [0.29, 0.717) is 23.4 Å². The van der Waals surface area contributed by atoms with Crippen LogP contribution in [0.3, 0.4) is 0 Å². The van der Waals surface area contributed by atoms with E-state index in [1.165, 1.54) is 0 Å². The van der Waals surface area contributed by atoms with Gasteiger partial charge in [-0.3, -0.25) is 4.79 Å². The van der Waals surface area contributed by atoms with E-state index in [9.17, 15) is 13.6 Å². The fourth-order valence-corrected chi connectivity index (χ4v) is 3.02. The molecule has 0 fully saturated rings. The van der Waals surface area contributed by atoms with Gasteiger partial charge in [0.25, 0.3) is 6.43 Å². The van der Waals surface area contributed by atoms with Crippen LogP contribution in [0.15, 0.2) is 24.3 Å². The molecule has 0 radical (unpaired) electrons. The molecular weight excluding hydrogens is 417 g/mol. The number of alkyl halides is 3. The Labute approximate surface area is 146 Å². The maximum Gasteiger partial charge on any atom is 0.256 e. The molecule has 0 aliphatic carbocycles. The van der Waals surface area contributed by atoms with Gasteiger partial charge in [-0.2, -0.15) is 5.26 Å². The molecule has 0 saturated heterocycles. The summed E-state index contributed by atoms with van der Waals surface area (Å²) in [5.41, 5.74) is 2.02. The van der Waals surface area contributed by atoms with Crippen molar-refractivity contribution in [3.8, 4) is 11.8 Å². The highest BCUT2D eigenvalue weighted by atomic mass is 127. The molecule has 0 bridgehead atoms. The van der Waals surface area contributed by atoms with Gasteiger partial charge >= 0.3 is 0 Å². The number of halogens is 3. The molecule has 7 heteroatoms. The summed E-state index contributed by atoms with van der Waals surface area (Å²) in [6.07, 6.45) is -0.262. The third-order valence-corrected chi connectivity index (χ3v) is 4.48. The molecule has 1 aromatic carbocycles. The van der Waals surface area contributed by atoms with E-state index >= 15 is 0 Å². The number of rotatable bonds is 5. The van der Waals surface area contributed by atoms with Gasteiger partial charge in [0.15, 0.2) is 6.61 Å². The number of carbonyl (C=O) groups is 1. The average Bonchev–Trinajstić information content (AvgIpc) is 2.50. The highest BCUT2D eigenvalue weighted by molar-refractivity contribution is 14.1. The molecule has 1 aliphatic heterocycles. The quantitative estimate of drug-likeness (QED) is 0.529. The summed E-state index contributed by atoms with van der Waals surface area (Å²) in [5, 5.41) is 8.53. The lowest BCUT2D eigenvalue weighted by Gasteiger charge is -2.32. The Hall–Kier alpha value is -1.69. The number of aryl methyl sites for hydroxylation is 1. The van der Waals surface area contributed by atoms with Crippen molar-refractivity contribution in [1.29, 1.82) is 5.26 Å². The van der Waals surface area contributed by atoms with Gasteiger partial charge in [0.05, 0.1) is 10.5 Å². The number of ether oxygens (including phenoxy) is 1. The van der Waals surface area contributed by atoms with Crippen molar-refractivity contribution in [3.63, 3.8) is 0 Å². The molecule has 0 saturated carbocycles. The molecule has 0 aromatic heterocycles. The van der Waals surface area contributed by atoms with Crippen LogP contribution in [0.4, 0.5) is 8.78 Å². The van der Waals surface area contributed by atoms with Crippen molar-refractivity contribution in [2.75, 3.05) is 13.2 Å². The molecular formula is C16H15F2IN2O2. The van der Waals surface area contributed by atoms with Crippen LogP contribution >= 0.6 is 22.6 Å². The van der Waals surface area contributed by atoms with Gasteiger partial charge in [-0.1, -0.05) is 28.7 Å². The fourth-order valence-electron chi connectivity index (χ4n) is 2.42. The number of hydrogen-bond acceptors (Lipinski definition) is 3. The van der Waals surface area contributed by atoms with Gasteiger partial charge < -0.3 is 9.64 Å². The van der Waals surface area contributed by atoms with Gasteiger partial charge in [0.2, 0.25) is 5.91 Å². The van der Waals surface area contributed by atoms with E-state index in [2.05, 4.69) is 0 Å². The molecule has 0 spiro atoms. The van der Waals surface area contributed by atoms with E-state index in [1.54, 1.807) is 18.2 Å². The Bertz CT molecular complexity index is 671. The summed E-state index contributed by atoms with van der Waals surface area (Å²) in [6, 6.07) is 7.01. The fraction of sp³-hybridized carbons (Fsp3) is 0.375. The Balaban J connectivity index is 2.34. The first kappa shape index (κ1) is 17.7. The number of nitrogens with zero attached hydrogens (tertiary/aromatic N) is 2. The molecule has 1 atom stereocenters. The van der Waals surface area contributed by atoms with Gasteiger partial charge in [0, 0.05) is 11.3 Å². The van der Waals surface area contributed by atoms with Crippen molar-refractivity contribution in [2.24, 2.45) is 0 Å². The molecule has 1 amide bonds. The first-order valence-electron chi connectivity index (χ1n) is 6.98. The molecule has 1 heterocycles. The number of carbonyl (C=O) groups excluding carboxylic acids is 1. The van der Waals surface area contributed by atoms with Crippen LogP contribution in [-0.2, 0) is 4.79 Å². The summed E-state index contributed by atoms with van der Waals surface area (Å²) in [6.45, 7) is 1.14. The number of allylic oxidation sites excluding steroid dienone is 1. The van der Waals surface area contributed by atoms with Crippen LogP contribution < -0.4 is 4.74 Å². The molecule has 4 nitrogen and oxygen atoms in total. The predicted molar refractivity (Wildman–Crippen MR) is 90.4 cm³/mol. The van der Waals surface area contributed by atoms with Crippen LogP contribution in [-0.4, -0.2) is 34.3 Å². The predicted octanol–water partition coefficient (Wildman–Crippen LogP) is 3.54. The molecule has 2 rings (SSSR count). The highest BCUT2D eigenvalue weighted by Gasteiger charge is 2.31. The summed E-state index contributed by atoms with van der Waals surface area (Å²) in [5.74, 6) is 0.232. The lowest BCUT2D eigenvalue weighted by molar-refractivity contribution is -0.128. The average molecular weight is 432 g/mol. The topological polar surface area (TPSA) is 53.3 Å². The molecule has 1 aliphatic rings. The zero-order valence-electron chi connectivity index (χ0n) is 12.4. The summed E-state index contributed by atoms with van der Waals surface area (Å²) in [7, 11) is 0. The largest absolute Gasteiger partial charge is 0.479 e. The lowest BCUT2D eigenvalue weighted by Crippen LogP contribution is -2.41. The smallest absolute Gasteiger partial charge is 0.256 e. The van der Waals surface area contributed by atoms with Crippen LogP contribution in [0.5, 0.6) is 5.75 Å². The number of hydrogen-bond donors (Lipinski definition) is 0. The molecule has 122 valence electrons. The summed E-state index contributed by atoms with van der Waals surface area (Å²) >= 11 is 1.97. The maximum atomic E-state index is 12.8. The Morgan fingerprint density at radius 2 is 2.26 bits per heavy atom. The minimum atomic E-state index is -2.59. The standard InChI is InChI=1S/C16H15F2IN2O2/c1-10-8-11(23-7-6-20)2-3-12(10)14-5-4-13(19)16(22)21(14)9-15(17)18/h2-3,5,8,13,15H,4,7,9H2,1H3. The SMILES string of the molecule is Cc1cc(OCC#N)ccc1C1=CCC(I)C(=O)N1CC(F)F. The minimum absolute atomic E-state index is 0.0615. The molecule has 1 aromatic rings. The van der Waals surface area contributed by atoms with Crippen molar-refractivity contribution >= 4 is 34.2 Å². The monoisotopic (exact) mass is 432 g/mol. The zero-order chi connectivity index (χ0) is 17.0.